The molecular formula is C8H8Cl2F2N2. The van der Waals surface area contributed by atoms with Crippen molar-refractivity contribution in [3.8, 4) is 0 Å². The Hall–Kier alpha value is -0.450. The summed E-state index contributed by atoms with van der Waals surface area (Å²) in [7, 11) is 0. The molecule has 1 rings (SSSR count). The molecule has 0 unspecified atom stereocenters. The van der Waals surface area contributed by atoms with E-state index in [0.29, 0.717) is 5.56 Å². The minimum Gasteiger partial charge on any atom is -0.324 e. The monoisotopic (exact) mass is 240 g/mol. The minimum atomic E-state index is -2.48. The number of hydrogen-bond donors (Lipinski definition) is 1. The quantitative estimate of drug-likeness (QED) is 0.883. The molecule has 1 aromatic rings. The van der Waals surface area contributed by atoms with Crippen molar-refractivity contribution in [2.75, 3.05) is 0 Å². The van der Waals surface area contributed by atoms with Crippen molar-refractivity contribution >= 4 is 23.2 Å². The Morgan fingerprint density at radius 3 is 2.21 bits per heavy atom. The van der Waals surface area contributed by atoms with Crippen LogP contribution in [0.1, 0.15) is 18.0 Å². The summed E-state index contributed by atoms with van der Waals surface area (Å²) in [5, 5.41) is 0.427. The summed E-state index contributed by atoms with van der Waals surface area (Å²) in [6, 6.07) is -0.863. The summed E-state index contributed by atoms with van der Waals surface area (Å²) in [6.45, 7) is 0. The zero-order chi connectivity index (χ0) is 10.7. The van der Waals surface area contributed by atoms with Gasteiger partial charge < -0.3 is 5.73 Å². The molecule has 1 heterocycles. The first kappa shape index (κ1) is 11.6. The summed E-state index contributed by atoms with van der Waals surface area (Å²) in [4.78, 5) is 3.70. The van der Waals surface area contributed by atoms with Crippen molar-refractivity contribution in [3.05, 3.63) is 28.0 Å². The van der Waals surface area contributed by atoms with E-state index in [2.05, 4.69) is 4.98 Å². The Labute approximate surface area is 90.0 Å². The highest BCUT2D eigenvalue weighted by Gasteiger charge is 2.18. The molecule has 0 aromatic carbocycles. The second-order valence-electron chi connectivity index (χ2n) is 2.75. The van der Waals surface area contributed by atoms with Gasteiger partial charge in [0.2, 0.25) is 6.43 Å². The van der Waals surface area contributed by atoms with Crippen LogP contribution in [0.3, 0.4) is 0 Å². The molecule has 2 N–H and O–H groups in total. The number of aromatic nitrogens is 1. The fraction of sp³-hybridized carbons (Fsp3) is 0.375. The predicted octanol–water partition coefficient (Wildman–Crippen LogP) is 3.04. The van der Waals surface area contributed by atoms with Crippen LogP contribution >= 0.6 is 23.2 Å². The molecule has 1 aromatic heterocycles. The molecule has 6 heteroatoms. The third-order valence-corrected chi connectivity index (χ3v) is 2.30. The molecule has 1 atom stereocenters. The normalized spacial score (nSPS) is 13.3. The van der Waals surface area contributed by atoms with Crippen molar-refractivity contribution in [1.82, 2.24) is 4.98 Å². The molecule has 0 spiro atoms. The van der Waals surface area contributed by atoms with Crippen LogP contribution in [0, 0.1) is 0 Å². The number of nitrogens with two attached hydrogens (primary N) is 1. The van der Waals surface area contributed by atoms with Gasteiger partial charge in [-0.2, -0.15) is 0 Å². The average molecular weight is 241 g/mol. The topological polar surface area (TPSA) is 38.9 Å². The molecule has 0 saturated heterocycles. The molecule has 2 nitrogen and oxygen atoms in total. The summed E-state index contributed by atoms with van der Waals surface area (Å²) in [6.07, 6.45) is -0.295. The Morgan fingerprint density at radius 2 is 1.79 bits per heavy atom. The van der Waals surface area contributed by atoms with E-state index < -0.39 is 18.9 Å². The molecule has 0 fully saturated rings. The van der Waals surface area contributed by atoms with Crippen LogP contribution in [0.4, 0.5) is 8.78 Å². The van der Waals surface area contributed by atoms with Crippen molar-refractivity contribution in [1.29, 1.82) is 0 Å². The van der Waals surface area contributed by atoms with Crippen LogP contribution in [0.2, 0.25) is 10.0 Å². The number of halogens is 4. The lowest BCUT2D eigenvalue weighted by molar-refractivity contribution is 0.128. The maximum absolute atomic E-state index is 12.1. The van der Waals surface area contributed by atoms with E-state index in [1.807, 2.05) is 0 Å². The Balaban J connectivity index is 2.94. The largest absolute Gasteiger partial charge is 0.324 e. The van der Waals surface area contributed by atoms with Crippen LogP contribution in [0.15, 0.2) is 12.4 Å². The van der Waals surface area contributed by atoms with E-state index in [1.165, 1.54) is 12.4 Å². The van der Waals surface area contributed by atoms with Crippen LogP contribution < -0.4 is 5.73 Å². The molecule has 14 heavy (non-hydrogen) atoms. The minimum absolute atomic E-state index is 0.214. The van der Waals surface area contributed by atoms with Gasteiger partial charge in [-0.05, 0) is 0 Å². The van der Waals surface area contributed by atoms with Gasteiger partial charge in [-0.25, -0.2) is 8.78 Å². The molecular weight excluding hydrogens is 233 g/mol. The van der Waals surface area contributed by atoms with Gasteiger partial charge in [-0.3, -0.25) is 4.98 Å². The Morgan fingerprint density at radius 1 is 1.29 bits per heavy atom. The fourth-order valence-electron chi connectivity index (χ4n) is 1.09. The van der Waals surface area contributed by atoms with Gasteiger partial charge in [0.25, 0.3) is 0 Å². The van der Waals surface area contributed by atoms with Gasteiger partial charge in [0, 0.05) is 30.4 Å². The molecule has 0 aliphatic rings. The molecule has 0 aliphatic heterocycles. The lowest BCUT2D eigenvalue weighted by Crippen LogP contribution is -2.15. The summed E-state index contributed by atoms with van der Waals surface area (Å²) < 4.78 is 24.1. The third kappa shape index (κ3) is 2.77. The zero-order valence-electron chi connectivity index (χ0n) is 7.05. The number of alkyl halides is 2. The van der Waals surface area contributed by atoms with Gasteiger partial charge in [-0.15, -0.1) is 0 Å². The molecule has 0 amide bonds. The van der Waals surface area contributed by atoms with Crippen LogP contribution in [-0.4, -0.2) is 11.4 Å². The van der Waals surface area contributed by atoms with Gasteiger partial charge in [-0.1, -0.05) is 23.2 Å². The number of hydrogen-bond acceptors (Lipinski definition) is 2. The van der Waals surface area contributed by atoms with Gasteiger partial charge in [0.05, 0.1) is 10.0 Å². The second kappa shape index (κ2) is 4.87. The maximum Gasteiger partial charge on any atom is 0.240 e. The van der Waals surface area contributed by atoms with Crippen molar-refractivity contribution in [3.63, 3.8) is 0 Å². The number of pyridine rings is 1. The second-order valence-corrected chi connectivity index (χ2v) is 3.56. The first-order valence-electron chi connectivity index (χ1n) is 3.85. The lowest BCUT2D eigenvalue weighted by atomic mass is 10.1. The summed E-state index contributed by atoms with van der Waals surface area (Å²) >= 11 is 11.5. The highest BCUT2D eigenvalue weighted by Crippen LogP contribution is 2.30. The van der Waals surface area contributed by atoms with Gasteiger partial charge in [0.1, 0.15) is 0 Å². The van der Waals surface area contributed by atoms with E-state index in [9.17, 15) is 8.78 Å². The summed E-state index contributed by atoms with van der Waals surface area (Å²) in [5.74, 6) is 0. The first-order chi connectivity index (χ1) is 6.52. The number of rotatable bonds is 3. The Bertz CT molecular complexity index is 300. The zero-order valence-corrected chi connectivity index (χ0v) is 8.56. The average Bonchev–Trinajstić information content (AvgIpc) is 2.01. The highest BCUT2D eigenvalue weighted by atomic mass is 35.5. The predicted molar refractivity (Wildman–Crippen MR) is 51.8 cm³/mol. The molecule has 0 aliphatic carbocycles. The summed E-state index contributed by atoms with van der Waals surface area (Å²) in [5.41, 5.74) is 5.84. The third-order valence-electron chi connectivity index (χ3n) is 1.69. The van der Waals surface area contributed by atoms with Crippen molar-refractivity contribution in [2.24, 2.45) is 5.73 Å². The van der Waals surface area contributed by atoms with Crippen molar-refractivity contribution in [2.45, 2.75) is 18.9 Å². The van der Waals surface area contributed by atoms with E-state index in [-0.39, 0.29) is 10.0 Å². The smallest absolute Gasteiger partial charge is 0.240 e. The van der Waals surface area contributed by atoms with Crippen LogP contribution in [-0.2, 0) is 0 Å². The van der Waals surface area contributed by atoms with Crippen LogP contribution in [0.25, 0.3) is 0 Å². The maximum atomic E-state index is 12.1. The first-order valence-corrected chi connectivity index (χ1v) is 4.60. The van der Waals surface area contributed by atoms with Gasteiger partial charge >= 0.3 is 0 Å². The van der Waals surface area contributed by atoms with E-state index >= 15 is 0 Å². The lowest BCUT2D eigenvalue weighted by Gasteiger charge is -2.14. The highest BCUT2D eigenvalue weighted by molar-refractivity contribution is 6.35. The molecule has 0 bridgehead atoms. The van der Waals surface area contributed by atoms with E-state index in [4.69, 9.17) is 28.9 Å². The molecule has 78 valence electrons. The van der Waals surface area contributed by atoms with E-state index in [1.54, 1.807) is 0 Å². The SMILES string of the molecule is N[C@@H](CC(F)F)c1c(Cl)cncc1Cl. The van der Waals surface area contributed by atoms with Crippen LogP contribution in [0.5, 0.6) is 0 Å². The van der Waals surface area contributed by atoms with Gasteiger partial charge in [0.15, 0.2) is 0 Å². The number of nitrogens with zero attached hydrogens (tertiary/aromatic N) is 1. The molecule has 0 radical (unpaired) electrons. The standard InChI is InChI=1S/C8H8Cl2F2N2/c9-4-2-14-3-5(10)8(4)6(13)1-7(11)12/h2-3,6-7H,1,13H2/t6-/m0/s1. The Kier molecular flexibility index (Phi) is 4.04. The molecule has 0 saturated carbocycles. The fourth-order valence-corrected chi connectivity index (χ4v) is 1.73. The van der Waals surface area contributed by atoms with Crippen molar-refractivity contribution < 1.29 is 8.78 Å². The van der Waals surface area contributed by atoms with E-state index in [0.717, 1.165) is 0 Å².